The first-order valence-electron chi connectivity index (χ1n) is 13.7. The normalized spacial score (nSPS) is 21.4. The third-order valence-electron chi connectivity index (χ3n) is 8.51. The first kappa shape index (κ1) is 31.8. The molecule has 3 amide bonds. The Morgan fingerprint density at radius 2 is 1.61 bits per heavy atom. The zero-order chi connectivity index (χ0) is 28.9. The number of amides is 3. The maximum atomic E-state index is 12.4. The molecule has 0 saturated heterocycles. The monoisotopic (exact) mass is 562 g/mol. The van der Waals surface area contributed by atoms with Crippen molar-refractivity contribution < 1.29 is 24.7 Å². The fourth-order valence-electron chi connectivity index (χ4n) is 6.21. The molecular weight excluding hydrogens is 520 g/mol. The Kier molecular flexibility index (Phi) is 10.7. The van der Waals surface area contributed by atoms with Gasteiger partial charge in [-0.25, -0.2) is 5.48 Å². The molecule has 2 aliphatic rings. The van der Waals surface area contributed by atoms with Gasteiger partial charge in [0.2, 0.25) is 5.91 Å². The topological polar surface area (TPSA) is 140 Å². The van der Waals surface area contributed by atoms with E-state index in [1.54, 1.807) is 24.3 Å². The first-order valence-corrected chi connectivity index (χ1v) is 13.7. The lowest BCUT2D eigenvalue weighted by Crippen LogP contribution is -2.51. The van der Waals surface area contributed by atoms with Gasteiger partial charge in [0.25, 0.3) is 11.8 Å². The zero-order valence-electron chi connectivity index (χ0n) is 23.2. The summed E-state index contributed by atoms with van der Waals surface area (Å²) in [5, 5.41) is 27.1. The second-order valence-corrected chi connectivity index (χ2v) is 11.4. The molecule has 9 heteroatoms. The van der Waals surface area contributed by atoms with E-state index in [4.69, 9.17) is 5.21 Å². The summed E-state index contributed by atoms with van der Waals surface area (Å²) in [5.41, 5.74) is 4.29. The van der Waals surface area contributed by atoms with Crippen LogP contribution in [-0.4, -0.2) is 53.3 Å². The Morgan fingerprint density at radius 3 is 2.12 bits per heavy atom. The number of aliphatic hydroxyl groups excluding tert-OH is 1. The second kappa shape index (κ2) is 13.8. The van der Waals surface area contributed by atoms with Gasteiger partial charge >= 0.3 is 0 Å². The summed E-state index contributed by atoms with van der Waals surface area (Å²) in [4.78, 5) is 36.4. The molecular formula is C32H42N4O5. The summed E-state index contributed by atoms with van der Waals surface area (Å²) < 4.78 is 0. The van der Waals surface area contributed by atoms with Gasteiger partial charge in [-0.3, -0.25) is 19.6 Å². The molecule has 2 fully saturated rings. The summed E-state index contributed by atoms with van der Waals surface area (Å²) in [6.07, 6.45) is 2.74. The van der Waals surface area contributed by atoms with Crippen LogP contribution in [-0.2, 0) is 9.59 Å². The molecule has 2 saturated carbocycles. The summed E-state index contributed by atoms with van der Waals surface area (Å²) >= 11 is 0. The lowest BCUT2D eigenvalue weighted by Gasteiger charge is -2.26. The van der Waals surface area contributed by atoms with E-state index in [1.807, 2.05) is 24.3 Å². The van der Waals surface area contributed by atoms with Gasteiger partial charge in [-0.2, -0.15) is 0 Å². The van der Waals surface area contributed by atoms with Crippen LogP contribution in [0.3, 0.4) is 0 Å². The zero-order valence-corrected chi connectivity index (χ0v) is 23.2. The van der Waals surface area contributed by atoms with Crippen LogP contribution >= 0.6 is 0 Å². The van der Waals surface area contributed by atoms with Gasteiger partial charge < -0.3 is 21.1 Å². The minimum Gasteiger partial charge on any atom is -0.391 e. The molecule has 9 nitrogen and oxygen atoms in total. The van der Waals surface area contributed by atoms with Gasteiger partial charge in [0.15, 0.2) is 0 Å². The molecule has 6 N–H and O–H groups in total. The number of aliphatic hydroxyl groups is 1. The predicted octanol–water partition coefficient (Wildman–Crippen LogP) is 3.31. The molecule has 1 unspecified atom stereocenters. The molecule has 2 aromatic rings. The van der Waals surface area contributed by atoms with Crippen molar-refractivity contribution >= 4 is 23.4 Å². The number of anilines is 1. The van der Waals surface area contributed by atoms with Crippen molar-refractivity contribution in [3.8, 4) is 11.8 Å². The number of hydrogen-bond acceptors (Lipinski definition) is 6. The second-order valence-electron chi connectivity index (χ2n) is 11.4. The third kappa shape index (κ3) is 7.73. The van der Waals surface area contributed by atoms with E-state index in [9.17, 15) is 19.5 Å². The van der Waals surface area contributed by atoms with Gasteiger partial charge in [-0.1, -0.05) is 33.1 Å². The maximum Gasteiger partial charge on any atom is 0.268 e. The maximum absolute atomic E-state index is 12.4. The van der Waals surface area contributed by atoms with Crippen molar-refractivity contribution in [1.82, 2.24) is 16.1 Å². The van der Waals surface area contributed by atoms with Gasteiger partial charge in [-0.15, -0.1) is 0 Å². The molecule has 0 radical (unpaired) electrons. The fourth-order valence-corrected chi connectivity index (χ4v) is 6.21. The van der Waals surface area contributed by atoms with Gasteiger partial charge in [0, 0.05) is 22.4 Å². The van der Waals surface area contributed by atoms with E-state index < -0.39 is 24.0 Å². The van der Waals surface area contributed by atoms with Crippen LogP contribution < -0.4 is 21.4 Å². The average Bonchev–Trinajstić information content (AvgIpc) is 3.36. The molecule has 0 heterocycles. The smallest absolute Gasteiger partial charge is 0.268 e. The Bertz CT molecular complexity index is 1280. The van der Waals surface area contributed by atoms with E-state index in [0.717, 1.165) is 23.9 Å². The van der Waals surface area contributed by atoms with Crippen molar-refractivity contribution in [2.75, 3.05) is 18.4 Å². The largest absolute Gasteiger partial charge is 0.391 e. The fraction of sp³-hybridized carbons (Fsp3) is 0.469. The highest BCUT2D eigenvalue weighted by molar-refractivity contribution is 5.97. The summed E-state index contributed by atoms with van der Waals surface area (Å²) in [5.74, 6) is 6.78. The van der Waals surface area contributed by atoms with Crippen LogP contribution in [0.5, 0.6) is 0 Å². The minimum atomic E-state index is -1.29. The third-order valence-corrected chi connectivity index (χ3v) is 8.51. The standard InChI is InChI=1S/C31H38N4O5.CH4/c1-19(36)28(30(39)35-40)34-29(38)22-10-6-20(7-11-22)4-5-21-8-13-25(14-9-21)33-27(37)18-32-17-23-16-24-12-15-26(23)31(24,2)3;/h6-11,13-14,19,23-24,26,28,32,36,40H,12,15-18H2,1-3H3,(H,33,37)(H,34,38)(H,35,39);1H4/t19-,23+,24?,26+,28+;/m1./s1. The first-order chi connectivity index (χ1) is 19.1. The molecule has 0 spiro atoms. The predicted molar refractivity (Wildman–Crippen MR) is 158 cm³/mol. The molecule has 2 aromatic carbocycles. The Morgan fingerprint density at radius 1 is 1.00 bits per heavy atom. The van der Waals surface area contributed by atoms with Crippen molar-refractivity contribution in [2.45, 2.75) is 59.6 Å². The van der Waals surface area contributed by atoms with Gasteiger partial charge in [0.1, 0.15) is 6.04 Å². The quantitative estimate of drug-likeness (QED) is 0.157. The molecule has 220 valence electrons. The highest BCUT2D eigenvalue weighted by atomic mass is 16.5. The lowest BCUT2D eigenvalue weighted by atomic mass is 9.80. The van der Waals surface area contributed by atoms with E-state index in [0.29, 0.717) is 22.6 Å². The van der Waals surface area contributed by atoms with Gasteiger partial charge in [-0.05, 0) is 104 Å². The molecule has 5 atom stereocenters. The van der Waals surface area contributed by atoms with Crippen LogP contribution in [0.4, 0.5) is 5.69 Å². The number of fused-ring (bicyclic) bond motifs is 2. The molecule has 41 heavy (non-hydrogen) atoms. The summed E-state index contributed by atoms with van der Waals surface area (Å²) in [6, 6.07) is 12.5. The summed E-state index contributed by atoms with van der Waals surface area (Å²) in [7, 11) is 0. The minimum absolute atomic E-state index is 0. The Balaban J connectivity index is 0.00000462. The number of rotatable bonds is 9. The lowest BCUT2D eigenvalue weighted by molar-refractivity contribution is -0.133. The van der Waals surface area contributed by atoms with Crippen LogP contribution in [0.1, 0.15) is 68.9 Å². The number of benzene rings is 2. The highest BCUT2D eigenvalue weighted by Gasteiger charge is 2.52. The van der Waals surface area contributed by atoms with E-state index in [-0.39, 0.29) is 25.4 Å². The van der Waals surface area contributed by atoms with E-state index >= 15 is 0 Å². The van der Waals surface area contributed by atoms with Crippen molar-refractivity contribution in [3.05, 3.63) is 65.2 Å². The molecule has 4 rings (SSSR count). The highest BCUT2D eigenvalue weighted by Crippen LogP contribution is 2.59. The molecule has 0 aliphatic heterocycles. The molecule has 0 aromatic heterocycles. The van der Waals surface area contributed by atoms with E-state index in [1.165, 1.54) is 31.7 Å². The van der Waals surface area contributed by atoms with Gasteiger partial charge in [0.05, 0.1) is 12.6 Å². The Hall–Kier alpha value is -3.71. The van der Waals surface area contributed by atoms with Crippen LogP contribution in [0.2, 0.25) is 0 Å². The molecule has 2 aliphatic carbocycles. The number of hydrogen-bond donors (Lipinski definition) is 6. The number of carbonyl (C=O) groups excluding carboxylic acids is 3. The SMILES string of the molecule is C.C[C@@H](O)[C@H](NC(=O)c1ccc(C#Cc2ccc(NC(=O)CNC[C@@H]3CC4CC[C@@H]3C4(C)C)cc2)cc1)C(=O)NO. The number of nitrogens with one attached hydrogen (secondary N) is 4. The molecule has 2 bridgehead atoms. The average molecular weight is 563 g/mol. The van der Waals surface area contributed by atoms with E-state index in [2.05, 4.69) is 41.6 Å². The van der Waals surface area contributed by atoms with Crippen LogP contribution in [0.25, 0.3) is 0 Å². The summed E-state index contributed by atoms with van der Waals surface area (Å²) in [6.45, 7) is 7.30. The van der Waals surface area contributed by atoms with Crippen molar-refractivity contribution in [1.29, 1.82) is 0 Å². The number of carbonyl (C=O) groups is 3. The Labute approximate surface area is 242 Å². The van der Waals surface area contributed by atoms with Crippen LogP contribution in [0.15, 0.2) is 48.5 Å². The number of hydroxylamine groups is 1. The van der Waals surface area contributed by atoms with Crippen molar-refractivity contribution in [3.63, 3.8) is 0 Å². The van der Waals surface area contributed by atoms with Crippen LogP contribution in [0, 0.1) is 35.0 Å². The van der Waals surface area contributed by atoms with Crippen molar-refractivity contribution in [2.24, 2.45) is 23.2 Å².